The molecule has 4 heteroatoms. The van der Waals surface area contributed by atoms with E-state index in [-0.39, 0.29) is 12.1 Å². The maximum Gasteiger partial charge on any atom is 0.326 e. The van der Waals surface area contributed by atoms with Crippen molar-refractivity contribution in [3.05, 3.63) is 0 Å². The standard InChI is InChI=1S/C8H13NO3/c10-8(12-6-3-4-6)7-2-1-5-9(7)11/h6-7,11H,1-5H2. The van der Waals surface area contributed by atoms with Gasteiger partial charge in [0.2, 0.25) is 0 Å². The number of esters is 1. The van der Waals surface area contributed by atoms with E-state index in [2.05, 4.69) is 0 Å². The Kier molecular flexibility index (Phi) is 2.02. The van der Waals surface area contributed by atoms with Crippen molar-refractivity contribution in [2.24, 2.45) is 0 Å². The van der Waals surface area contributed by atoms with Gasteiger partial charge in [0.25, 0.3) is 0 Å². The Balaban J connectivity index is 1.84. The second-order valence-electron chi connectivity index (χ2n) is 3.46. The van der Waals surface area contributed by atoms with Gasteiger partial charge in [0.05, 0.1) is 0 Å². The normalized spacial score (nSPS) is 30.6. The summed E-state index contributed by atoms with van der Waals surface area (Å²) in [5.74, 6) is -0.252. The molecule has 68 valence electrons. The van der Waals surface area contributed by atoms with Crippen LogP contribution >= 0.6 is 0 Å². The molecule has 0 aromatic heterocycles. The zero-order chi connectivity index (χ0) is 8.55. The Labute approximate surface area is 71.1 Å². The SMILES string of the molecule is O=C(OC1CC1)C1CCCN1O. The van der Waals surface area contributed by atoms with Gasteiger partial charge in [-0.3, -0.25) is 4.79 Å². The highest BCUT2D eigenvalue weighted by Gasteiger charge is 2.35. The Hall–Kier alpha value is -0.610. The van der Waals surface area contributed by atoms with Gasteiger partial charge in [0.15, 0.2) is 0 Å². The second kappa shape index (κ2) is 3.03. The molecule has 0 radical (unpaired) electrons. The average molecular weight is 171 g/mol. The van der Waals surface area contributed by atoms with Gasteiger partial charge < -0.3 is 9.94 Å². The van der Waals surface area contributed by atoms with Gasteiger partial charge in [-0.15, -0.1) is 0 Å². The highest BCUT2D eigenvalue weighted by Crippen LogP contribution is 2.26. The van der Waals surface area contributed by atoms with Crippen molar-refractivity contribution in [2.75, 3.05) is 6.54 Å². The van der Waals surface area contributed by atoms with E-state index in [1.165, 1.54) is 0 Å². The van der Waals surface area contributed by atoms with Crippen molar-refractivity contribution in [1.29, 1.82) is 0 Å². The molecule has 1 heterocycles. The molecule has 1 N–H and O–H groups in total. The monoisotopic (exact) mass is 171 g/mol. The molecule has 1 unspecified atom stereocenters. The Morgan fingerprint density at radius 1 is 1.42 bits per heavy atom. The molecule has 0 aromatic rings. The molecule has 4 nitrogen and oxygen atoms in total. The van der Waals surface area contributed by atoms with Crippen LogP contribution in [-0.2, 0) is 9.53 Å². The summed E-state index contributed by atoms with van der Waals surface area (Å²) in [5, 5.41) is 10.3. The first-order chi connectivity index (χ1) is 5.77. The van der Waals surface area contributed by atoms with E-state index in [4.69, 9.17) is 4.74 Å². The van der Waals surface area contributed by atoms with Crippen LogP contribution in [0.25, 0.3) is 0 Å². The minimum Gasteiger partial charge on any atom is -0.461 e. The number of rotatable bonds is 2. The number of nitrogens with zero attached hydrogens (tertiary/aromatic N) is 1. The lowest BCUT2D eigenvalue weighted by atomic mass is 10.2. The van der Waals surface area contributed by atoms with Gasteiger partial charge in [-0.25, -0.2) is 0 Å². The molecule has 12 heavy (non-hydrogen) atoms. The lowest BCUT2D eigenvalue weighted by Crippen LogP contribution is -2.35. The fraction of sp³-hybridized carbons (Fsp3) is 0.875. The lowest BCUT2D eigenvalue weighted by molar-refractivity contribution is -0.168. The van der Waals surface area contributed by atoms with Gasteiger partial charge in [0, 0.05) is 6.54 Å². The summed E-state index contributed by atoms with van der Waals surface area (Å²) < 4.78 is 5.08. The maximum absolute atomic E-state index is 11.3. The molecule has 1 aliphatic carbocycles. The molecule has 0 spiro atoms. The zero-order valence-electron chi connectivity index (χ0n) is 6.90. The molecular formula is C8H13NO3. The van der Waals surface area contributed by atoms with Crippen LogP contribution in [0.3, 0.4) is 0 Å². The minimum atomic E-state index is -0.398. The maximum atomic E-state index is 11.3. The highest BCUT2D eigenvalue weighted by molar-refractivity contribution is 5.76. The van der Waals surface area contributed by atoms with Crippen LogP contribution in [0.1, 0.15) is 25.7 Å². The van der Waals surface area contributed by atoms with Crippen molar-refractivity contribution >= 4 is 5.97 Å². The van der Waals surface area contributed by atoms with E-state index in [0.29, 0.717) is 6.54 Å². The minimum absolute atomic E-state index is 0.145. The molecule has 0 amide bonds. The molecule has 1 saturated carbocycles. The van der Waals surface area contributed by atoms with Crippen LogP contribution in [0.2, 0.25) is 0 Å². The second-order valence-corrected chi connectivity index (χ2v) is 3.46. The van der Waals surface area contributed by atoms with Crippen molar-refractivity contribution in [3.63, 3.8) is 0 Å². The first-order valence-electron chi connectivity index (χ1n) is 4.43. The summed E-state index contributed by atoms with van der Waals surface area (Å²) in [6.07, 6.45) is 3.73. The number of hydrogen-bond donors (Lipinski definition) is 1. The van der Waals surface area contributed by atoms with Gasteiger partial charge in [-0.2, -0.15) is 5.06 Å². The average Bonchev–Trinajstić information content (AvgIpc) is 2.72. The van der Waals surface area contributed by atoms with Gasteiger partial charge in [0.1, 0.15) is 12.1 Å². The molecule has 2 fully saturated rings. The van der Waals surface area contributed by atoms with Crippen molar-refractivity contribution in [1.82, 2.24) is 5.06 Å². The van der Waals surface area contributed by atoms with E-state index in [0.717, 1.165) is 30.7 Å². The molecule has 0 bridgehead atoms. The molecule has 2 aliphatic rings. The molecule has 1 aliphatic heterocycles. The van der Waals surface area contributed by atoms with Gasteiger partial charge in [-0.1, -0.05) is 0 Å². The van der Waals surface area contributed by atoms with Crippen molar-refractivity contribution in [3.8, 4) is 0 Å². The first-order valence-corrected chi connectivity index (χ1v) is 4.43. The van der Waals surface area contributed by atoms with Crippen LogP contribution in [0.5, 0.6) is 0 Å². The fourth-order valence-electron chi connectivity index (χ4n) is 1.42. The summed E-state index contributed by atoms with van der Waals surface area (Å²) in [7, 11) is 0. The molecule has 2 rings (SSSR count). The van der Waals surface area contributed by atoms with Gasteiger partial charge in [-0.05, 0) is 25.7 Å². The lowest BCUT2D eigenvalue weighted by Gasteiger charge is -2.15. The summed E-state index contributed by atoms with van der Waals surface area (Å²) in [4.78, 5) is 11.3. The van der Waals surface area contributed by atoms with Crippen molar-refractivity contribution < 1.29 is 14.7 Å². The summed E-state index contributed by atoms with van der Waals surface area (Å²) in [5.41, 5.74) is 0. The molecule has 1 saturated heterocycles. The zero-order valence-corrected chi connectivity index (χ0v) is 6.90. The number of ether oxygens (including phenoxy) is 1. The summed E-state index contributed by atoms with van der Waals surface area (Å²) >= 11 is 0. The molecular weight excluding hydrogens is 158 g/mol. The van der Waals surface area contributed by atoms with Crippen LogP contribution < -0.4 is 0 Å². The van der Waals surface area contributed by atoms with Crippen LogP contribution in [0.4, 0.5) is 0 Å². The Bertz CT molecular complexity index is 191. The summed E-state index contributed by atoms with van der Waals surface area (Å²) in [6, 6.07) is -0.398. The number of hydrogen-bond acceptors (Lipinski definition) is 4. The fourth-order valence-corrected chi connectivity index (χ4v) is 1.42. The quantitative estimate of drug-likeness (QED) is 0.616. The number of carbonyl (C=O) groups excluding carboxylic acids is 1. The first kappa shape index (κ1) is 8.01. The Morgan fingerprint density at radius 3 is 2.67 bits per heavy atom. The van der Waals surface area contributed by atoms with E-state index >= 15 is 0 Å². The topological polar surface area (TPSA) is 49.8 Å². The smallest absolute Gasteiger partial charge is 0.326 e. The van der Waals surface area contributed by atoms with Crippen LogP contribution in [0.15, 0.2) is 0 Å². The van der Waals surface area contributed by atoms with Crippen LogP contribution in [0, 0.1) is 0 Å². The molecule has 1 atom stereocenters. The largest absolute Gasteiger partial charge is 0.461 e. The predicted octanol–water partition coefficient (Wildman–Crippen LogP) is 0.546. The predicted molar refractivity (Wildman–Crippen MR) is 40.6 cm³/mol. The third kappa shape index (κ3) is 1.59. The van der Waals surface area contributed by atoms with E-state index in [9.17, 15) is 10.0 Å². The third-order valence-corrected chi connectivity index (χ3v) is 2.30. The molecule has 0 aromatic carbocycles. The van der Waals surface area contributed by atoms with Gasteiger partial charge >= 0.3 is 5.97 Å². The highest BCUT2D eigenvalue weighted by atomic mass is 16.6. The Morgan fingerprint density at radius 2 is 2.17 bits per heavy atom. The van der Waals surface area contributed by atoms with E-state index in [1.807, 2.05) is 0 Å². The van der Waals surface area contributed by atoms with E-state index in [1.54, 1.807) is 0 Å². The van der Waals surface area contributed by atoms with Crippen molar-refractivity contribution in [2.45, 2.75) is 37.8 Å². The number of carbonyl (C=O) groups is 1. The summed E-state index contributed by atoms with van der Waals surface area (Å²) in [6.45, 7) is 0.588. The van der Waals surface area contributed by atoms with E-state index < -0.39 is 6.04 Å². The third-order valence-electron chi connectivity index (χ3n) is 2.30. The van der Waals surface area contributed by atoms with Crippen LogP contribution in [-0.4, -0.2) is 34.9 Å². The number of hydroxylamine groups is 2.